The summed E-state index contributed by atoms with van der Waals surface area (Å²) >= 11 is 3.35. The van der Waals surface area contributed by atoms with Crippen molar-refractivity contribution < 1.29 is 14.2 Å². The Morgan fingerprint density at radius 1 is 1.28 bits per heavy atom. The van der Waals surface area contributed by atoms with E-state index in [1.807, 2.05) is 0 Å². The lowest BCUT2D eigenvalue weighted by Crippen LogP contribution is -2.08. The molecule has 2 N–H and O–H groups in total. The number of halogens is 2. The Morgan fingerprint density at radius 3 is 2.80 bits per heavy atom. The number of aromatic hydroxyl groups is 1. The standard InChI is InChI=1S/C18H14BrFN2O3/c1-25-16-5-2-10(6-15(16)20)8-21-9-14-13-7-11(19)3-4-12(13)17(23)22-18(14)24/h2-7,9H,8H2,1H3,(H2,22,23,24). The molecular formula is C18H14BrFN2O3. The molecule has 0 aliphatic heterocycles. The molecule has 0 saturated heterocycles. The van der Waals surface area contributed by atoms with E-state index >= 15 is 0 Å². The fourth-order valence-electron chi connectivity index (χ4n) is 2.49. The molecule has 3 aromatic rings. The van der Waals surface area contributed by atoms with Gasteiger partial charge in [0.05, 0.1) is 19.2 Å². The van der Waals surface area contributed by atoms with Gasteiger partial charge in [0.25, 0.3) is 5.56 Å². The van der Waals surface area contributed by atoms with Gasteiger partial charge >= 0.3 is 0 Å². The van der Waals surface area contributed by atoms with E-state index < -0.39 is 5.82 Å². The molecule has 0 amide bonds. The van der Waals surface area contributed by atoms with Crippen LogP contribution in [0, 0.1) is 5.82 Å². The predicted octanol–water partition coefficient (Wildman–Crippen LogP) is 3.76. The summed E-state index contributed by atoms with van der Waals surface area (Å²) in [6.45, 7) is 0.217. The van der Waals surface area contributed by atoms with Gasteiger partial charge in [0.2, 0.25) is 5.88 Å². The Hall–Kier alpha value is -2.67. The summed E-state index contributed by atoms with van der Waals surface area (Å²) in [5.41, 5.74) is 0.670. The van der Waals surface area contributed by atoms with Gasteiger partial charge in [0, 0.05) is 21.5 Å². The average Bonchev–Trinajstić information content (AvgIpc) is 2.57. The zero-order valence-corrected chi connectivity index (χ0v) is 14.8. The van der Waals surface area contributed by atoms with Gasteiger partial charge < -0.3 is 9.84 Å². The minimum Gasteiger partial charge on any atom is -0.494 e. The Bertz CT molecular complexity index is 1030. The van der Waals surface area contributed by atoms with Gasteiger partial charge in [-0.05, 0) is 35.9 Å². The third kappa shape index (κ3) is 3.56. The van der Waals surface area contributed by atoms with Crippen molar-refractivity contribution in [1.29, 1.82) is 0 Å². The van der Waals surface area contributed by atoms with Gasteiger partial charge in [-0.2, -0.15) is 0 Å². The number of hydrogen-bond acceptors (Lipinski definition) is 4. The molecule has 0 aliphatic rings. The third-order valence-electron chi connectivity index (χ3n) is 3.71. The number of aliphatic imine (C=N–C) groups is 1. The van der Waals surface area contributed by atoms with Crippen LogP contribution in [0.1, 0.15) is 11.1 Å². The fourth-order valence-corrected chi connectivity index (χ4v) is 2.85. The minimum atomic E-state index is -0.462. The Labute approximate surface area is 150 Å². The maximum atomic E-state index is 13.7. The lowest BCUT2D eigenvalue weighted by atomic mass is 10.1. The van der Waals surface area contributed by atoms with E-state index in [1.165, 1.54) is 25.5 Å². The molecule has 25 heavy (non-hydrogen) atoms. The molecule has 7 heteroatoms. The van der Waals surface area contributed by atoms with Crippen molar-refractivity contribution in [3.63, 3.8) is 0 Å². The van der Waals surface area contributed by atoms with E-state index in [1.54, 1.807) is 24.3 Å². The molecule has 0 fully saturated rings. The van der Waals surface area contributed by atoms with Crippen molar-refractivity contribution >= 4 is 32.9 Å². The van der Waals surface area contributed by atoms with Crippen LogP contribution in [0.4, 0.5) is 4.39 Å². The molecule has 1 heterocycles. The monoisotopic (exact) mass is 404 g/mol. The van der Waals surface area contributed by atoms with Gasteiger partial charge in [-0.25, -0.2) is 4.39 Å². The summed E-state index contributed by atoms with van der Waals surface area (Å²) in [6.07, 6.45) is 1.46. The second kappa shape index (κ2) is 7.06. The topological polar surface area (TPSA) is 74.7 Å². The number of benzene rings is 2. The first-order valence-corrected chi connectivity index (χ1v) is 8.15. The van der Waals surface area contributed by atoms with Crippen LogP contribution in [0.25, 0.3) is 10.8 Å². The Morgan fingerprint density at radius 2 is 2.08 bits per heavy atom. The van der Waals surface area contributed by atoms with Crippen molar-refractivity contribution in [2.24, 2.45) is 4.99 Å². The van der Waals surface area contributed by atoms with E-state index in [0.717, 1.165) is 4.47 Å². The Kier molecular flexibility index (Phi) is 4.85. The van der Waals surface area contributed by atoms with Crippen LogP contribution in [0.15, 0.2) is 50.7 Å². The number of ether oxygens (including phenoxy) is 1. The van der Waals surface area contributed by atoms with Crippen LogP contribution >= 0.6 is 15.9 Å². The molecule has 5 nitrogen and oxygen atoms in total. The van der Waals surface area contributed by atoms with Crippen molar-refractivity contribution in [2.45, 2.75) is 6.54 Å². The van der Waals surface area contributed by atoms with Gasteiger partial charge in [-0.15, -0.1) is 0 Å². The highest BCUT2D eigenvalue weighted by molar-refractivity contribution is 9.10. The molecule has 1 aromatic heterocycles. The average molecular weight is 405 g/mol. The van der Waals surface area contributed by atoms with Crippen LogP contribution < -0.4 is 10.3 Å². The lowest BCUT2D eigenvalue weighted by molar-refractivity contribution is 0.386. The Balaban J connectivity index is 1.95. The fraction of sp³-hybridized carbons (Fsp3) is 0.111. The first-order chi connectivity index (χ1) is 12.0. The molecule has 0 bridgehead atoms. The zero-order valence-electron chi connectivity index (χ0n) is 13.2. The molecule has 2 aromatic carbocycles. The van der Waals surface area contributed by atoms with Crippen molar-refractivity contribution in [3.8, 4) is 11.6 Å². The summed E-state index contributed by atoms with van der Waals surface area (Å²) in [5.74, 6) is -0.557. The maximum Gasteiger partial charge on any atom is 0.258 e. The van der Waals surface area contributed by atoms with Gasteiger partial charge in [-0.1, -0.05) is 22.0 Å². The normalized spacial score (nSPS) is 11.3. The highest BCUT2D eigenvalue weighted by Gasteiger charge is 2.10. The summed E-state index contributed by atoms with van der Waals surface area (Å²) in [5, 5.41) is 11.1. The highest BCUT2D eigenvalue weighted by atomic mass is 79.9. The molecular weight excluding hydrogens is 391 g/mol. The second-order valence-electron chi connectivity index (χ2n) is 5.34. The molecule has 0 unspecified atom stereocenters. The quantitative estimate of drug-likeness (QED) is 0.650. The molecule has 0 atom stereocenters. The molecule has 0 spiro atoms. The van der Waals surface area contributed by atoms with Crippen LogP contribution in [-0.2, 0) is 6.54 Å². The van der Waals surface area contributed by atoms with E-state index in [-0.39, 0.29) is 23.7 Å². The third-order valence-corrected chi connectivity index (χ3v) is 4.21. The number of pyridine rings is 1. The van der Waals surface area contributed by atoms with E-state index in [2.05, 4.69) is 25.9 Å². The molecule has 0 aliphatic carbocycles. The number of hydrogen-bond donors (Lipinski definition) is 2. The van der Waals surface area contributed by atoms with Crippen molar-refractivity contribution in [1.82, 2.24) is 4.98 Å². The van der Waals surface area contributed by atoms with Crippen LogP contribution in [0.5, 0.6) is 11.6 Å². The summed E-state index contributed by atoms with van der Waals surface area (Å²) < 4.78 is 19.4. The molecule has 0 saturated carbocycles. The number of rotatable bonds is 4. The number of aromatic nitrogens is 1. The van der Waals surface area contributed by atoms with Gasteiger partial charge in [0.1, 0.15) is 0 Å². The molecule has 0 radical (unpaired) electrons. The molecule has 3 rings (SSSR count). The predicted molar refractivity (Wildman–Crippen MR) is 98.2 cm³/mol. The number of nitrogens with zero attached hydrogens (tertiary/aromatic N) is 1. The van der Waals surface area contributed by atoms with E-state index in [0.29, 0.717) is 21.9 Å². The number of aromatic amines is 1. The van der Waals surface area contributed by atoms with E-state index in [9.17, 15) is 14.3 Å². The first kappa shape index (κ1) is 17.2. The van der Waals surface area contributed by atoms with Crippen LogP contribution in [0.3, 0.4) is 0 Å². The summed E-state index contributed by atoms with van der Waals surface area (Å²) in [6, 6.07) is 9.73. The maximum absolute atomic E-state index is 13.7. The van der Waals surface area contributed by atoms with Crippen LogP contribution in [-0.4, -0.2) is 23.4 Å². The lowest BCUT2D eigenvalue weighted by Gasteiger charge is -2.06. The number of methoxy groups -OCH3 is 1. The van der Waals surface area contributed by atoms with Crippen molar-refractivity contribution in [2.75, 3.05) is 7.11 Å². The number of H-pyrrole nitrogens is 1. The smallest absolute Gasteiger partial charge is 0.258 e. The second-order valence-corrected chi connectivity index (χ2v) is 6.26. The largest absolute Gasteiger partial charge is 0.494 e. The molecule has 128 valence electrons. The summed E-state index contributed by atoms with van der Waals surface area (Å²) in [7, 11) is 1.40. The van der Waals surface area contributed by atoms with E-state index in [4.69, 9.17) is 4.74 Å². The van der Waals surface area contributed by atoms with Gasteiger partial charge in [0.15, 0.2) is 11.6 Å². The van der Waals surface area contributed by atoms with Crippen LogP contribution in [0.2, 0.25) is 0 Å². The SMILES string of the molecule is COc1ccc(CN=Cc2c(O)[nH]c(=O)c3ccc(Br)cc23)cc1F. The zero-order chi connectivity index (χ0) is 18.0. The first-order valence-electron chi connectivity index (χ1n) is 7.36. The number of nitrogens with one attached hydrogen (secondary N) is 1. The summed E-state index contributed by atoms with van der Waals surface area (Å²) in [4.78, 5) is 18.6. The number of fused-ring (bicyclic) bond motifs is 1. The van der Waals surface area contributed by atoms with Crippen molar-refractivity contribution in [3.05, 3.63) is 68.2 Å². The highest BCUT2D eigenvalue weighted by Crippen LogP contribution is 2.24. The van der Waals surface area contributed by atoms with Gasteiger partial charge in [-0.3, -0.25) is 14.8 Å². The minimum absolute atomic E-state index is 0.168.